The van der Waals surface area contributed by atoms with Crippen molar-refractivity contribution in [1.29, 1.82) is 0 Å². The van der Waals surface area contributed by atoms with Crippen LogP contribution in [0.4, 0.5) is 5.69 Å². The SMILES string of the molecule is COc1ccc(OC)c(/C=C/C(=O)NCc2cccc(NC(=O)C3CCCC3)c2)c1. The van der Waals surface area contributed by atoms with E-state index in [1.54, 1.807) is 38.5 Å². The number of hydrogen-bond donors (Lipinski definition) is 2. The second-order valence-corrected chi connectivity index (χ2v) is 7.33. The lowest BCUT2D eigenvalue weighted by Gasteiger charge is -2.11. The first kappa shape index (κ1) is 21.4. The molecule has 1 saturated carbocycles. The number of ether oxygens (including phenoxy) is 2. The van der Waals surface area contributed by atoms with Gasteiger partial charge in [-0.1, -0.05) is 25.0 Å². The molecule has 0 saturated heterocycles. The van der Waals surface area contributed by atoms with E-state index in [-0.39, 0.29) is 17.7 Å². The average molecular weight is 408 g/mol. The summed E-state index contributed by atoms with van der Waals surface area (Å²) in [5, 5.41) is 5.85. The van der Waals surface area contributed by atoms with Crippen molar-refractivity contribution in [2.75, 3.05) is 19.5 Å². The summed E-state index contributed by atoms with van der Waals surface area (Å²) < 4.78 is 10.5. The minimum atomic E-state index is -0.222. The van der Waals surface area contributed by atoms with Crippen LogP contribution < -0.4 is 20.1 Å². The second kappa shape index (κ2) is 10.5. The van der Waals surface area contributed by atoms with E-state index in [0.717, 1.165) is 42.5 Å². The number of anilines is 1. The summed E-state index contributed by atoms with van der Waals surface area (Å²) >= 11 is 0. The van der Waals surface area contributed by atoms with Crippen LogP contribution in [0, 0.1) is 5.92 Å². The van der Waals surface area contributed by atoms with Gasteiger partial charge in [0.25, 0.3) is 0 Å². The smallest absolute Gasteiger partial charge is 0.244 e. The minimum absolute atomic E-state index is 0.0869. The van der Waals surface area contributed by atoms with Crippen molar-refractivity contribution in [3.05, 3.63) is 59.7 Å². The molecule has 1 aliphatic carbocycles. The van der Waals surface area contributed by atoms with Gasteiger partial charge in [-0.25, -0.2) is 0 Å². The summed E-state index contributed by atoms with van der Waals surface area (Å²) in [7, 11) is 3.17. The molecule has 0 radical (unpaired) electrons. The van der Waals surface area contributed by atoms with E-state index < -0.39 is 0 Å². The number of methoxy groups -OCH3 is 2. The quantitative estimate of drug-likeness (QED) is 0.643. The highest BCUT2D eigenvalue weighted by Gasteiger charge is 2.22. The van der Waals surface area contributed by atoms with Crippen LogP contribution in [-0.4, -0.2) is 26.0 Å². The van der Waals surface area contributed by atoms with Crippen molar-refractivity contribution >= 4 is 23.6 Å². The molecule has 2 N–H and O–H groups in total. The lowest BCUT2D eigenvalue weighted by Crippen LogP contribution is -2.21. The van der Waals surface area contributed by atoms with Crippen molar-refractivity contribution < 1.29 is 19.1 Å². The zero-order chi connectivity index (χ0) is 21.3. The summed E-state index contributed by atoms with van der Waals surface area (Å²) in [4.78, 5) is 24.5. The van der Waals surface area contributed by atoms with Crippen LogP contribution in [0.2, 0.25) is 0 Å². The predicted octanol–water partition coefficient (Wildman–Crippen LogP) is 4.16. The van der Waals surface area contributed by atoms with Gasteiger partial charge in [0.1, 0.15) is 11.5 Å². The maximum Gasteiger partial charge on any atom is 0.244 e. The van der Waals surface area contributed by atoms with Crippen LogP contribution in [0.25, 0.3) is 6.08 Å². The number of carbonyl (C=O) groups excluding carboxylic acids is 2. The van der Waals surface area contributed by atoms with Gasteiger partial charge in [0.15, 0.2) is 0 Å². The molecule has 158 valence electrons. The molecule has 2 amide bonds. The van der Waals surface area contributed by atoms with E-state index in [1.807, 2.05) is 24.3 Å². The van der Waals surface area contributed by atoms with Crippen LogP contribution in [0.15, 0.2) is 48.5 Å². The Kier molecular flexibility index (Phi) is 7.49. The lowest BCUT2D eigenvalue weighted by molar-refractivity contribution is -0.119. The topological polar surface area (TPSA) is 76.7 Å². The Bertz CT molecular complexity index is 917. The summed E-state index contributed by atoms with van der Waals surface area (Å²) in [5.74, 6) is 1.33. The Hall–Kier alpha value is -3.28. The van der Waals surface area contributed by atoms with Crippen LogP contribution in [-0.2, 0) is 16.1 Å². The highest BCUT2D eigenvalue weighted by Crippen LogP contribution is 2.26. The maximum absolute atomic E-state index is 12.3. The molecular formula is C24H28N2O4. The highest BCUT2D eigenvalue weighted by molar-refractivity contribution is 5.93. The first-order chi connectivity index (χ1) is 14.6. The minimum Gasteiger partial charge on any atom is -0.497 e. The first-order valence-electron chi connectivity index (χ1n) is 10.2. The summed E-state index contributed by atoms with van der Waals surface area (Å²) in [5.41, 5.74) is 2.43. The molecule has 6 heteroatoms. The Balaban J connectivity index is 1.56. The Morgan fingerprint density at radius 2 is 1.87 bits per heavy atom. The molecular weight excluding hydrogens is 380 g/mol. The standard InChI is InChI=1S/C24H28N2O4/c1-29-21-11-12-22(30-2)19(15-21)10-13-23(27)25-16-17-6-5-9-20(14-17)26-24(28)18-7-3-4-8-18/h5-6,9-15,18H,3-4,7-8,16H2,1-2H3,(H,25,27)(H,26,28)/b13-10+. The first-order valence-corrected chi connectivity index (χ1v) is 10.2. The van der Waals surface area contributed by atoms with Gasteiger partial charge in [0.2, 0.25) is 11.8 Å². The molecule has 1 aliphatic rings. The zero-order valence-corrected chi connectivity index (χ0v) is 17.4. The summed E-state index contributed by atoms with van der Waals surface area (Å²) in [6.07, 6.45) is 7.33. The molecule has 0 atom stereocenters. The van der Waals surface area contributed by atoms with E-state index >= 15 is 0 Å². The third-order valence-corrected chi connectivity index (χ3v) is 5.24. The van der Waals surface area contributed by atoms with Gasteiger partial charge < -0.3 is 20.1 Å². The van der Waals surface area contributed by atoms with Gasteiger partial charge in [-0.05, 0) is 54.8 Å². The number of nitrogens with one attached hydrogen (secondary N) is 2. The maximum atomic E-state index is 12.3. The zero-order valence-electron chi connectivity index (χ0n) is 17.4. The number of rotatable bonds is 8. The molecule has 6 nitrogen and oxygen atoms in total. The van der Waals surface area contributed by atoms with Crippen LogP contribution in [0.1, 0.15) is 36.8 Å². The predicted molar refractivity (Wildman–Crippen MR) is 117 cm³/mol. The third-order valence-electron chi connectivity index (χ3n) is 5.24. The molecule has 30 heavy (non-hydrogen) atoms. The number of hydrogen-bond acceptors (Lipinski definition) is 4. The van der Waals surface area contributed by atoms with Gasteiger partial charge in [-0.2, -0.15) is 0 Å². The molecule has 0 aromatic heterocycles. The second-order valence-electron chi connectivity index (χ2n) is 7.33. The largest absolute Gasteiger partial charge is 0.497 e. The van der Waals surface area contributed by atoms with Gasteiger partial charge >= 0.3 is 0 Å². The number of carbonyl (C=O) groups is 2. The van der Waals surface area contributed by atoms with E-state index in [9.17, 15) is 9.59 Å². The molecule has 2 aromatic carbocycles. The Morgan fingerprint density at radius 1 is 1.07 bits per heavy atom. The molecule has 0 aliphatic heterocycles. The molecule has 0 unspecified atom stereocenters. The van der Waals surface area contributed by atoms with E-state index in [1.165, 1.54) is 6.08 Å². The molecule has 0 spiro atoms. The van der Waals surface area contributed by atoms with Crippen molar-refractivity contribution in [3.63, 3.8) is 0 Å². The van der Waals surface area contributed by atoms with E-state index in [0.29, 0.717) is 18.0 Å². The van der Waals surface area contributed by atoms with Gasteiger partial charge in [-0.15, -0.1) is 0 Å². The average Bonchev–Trinajstić information content (AvgIpc) is 3.31. The molecule has 0 bridgehead atoms. The third kappa shape index (κ3) is 5.86. The van der Waals surface area contributed by atoms with Gasteiger partial charge in [-0.3, -0.25) is 9.59 Å². The van der Waals surface area contributed by atoms with E-state index in [2.05, 4.69) is 10.6 Å². The normalized spacial score (nSPS) is 13.9. The molecule has 1 fully saturated rings. The van der Waals surface area contributed by atoms with Gasteiger partial charge in [0.05, 0.1) is 14.2 Å². The monoisotopic (exact) mass is 408 g/mol. The highest BCUT2D eigenvalue weighted by atomic mass is 16.5. The van der Waals surface area contributed by atoms with Gasteiger partial charge in [0, 0.05) is 29.8 Å². The fraction of sp³-hybridized carbons (Fsp3) is 0.333. The number of benzene rings is 2. The summed E-state index contributed by atoms with van der Waals surface area (Å²) in [6, 6.07) is 13.0. The summed E-state index contributed by atoms with van der Waals surface area (Å²) in [6.45, 7) is 0.367. The molecule has 3 rings (SSSR count). The fourth-order valence-electron chi connectivity index (χ4n) is 3.57. The van der Waals surface area contributed by atoms with Crippen molar-refractivity contribution in [1.82, 2.24) is 5.32 Å². The molecule has 0 heterocycles. The lowest BCUT2D eigenvalue weighted by atomic mass is 10.1. The van der Waals surface area contributed by atoms with E-state index in [4.69, 9.17) is 9.47 Å². The van der Waals surface area contributed by atoms with Crippen molar-refractivity contribution in [2.45, 2.75) is 32.2 Å². The Morgan fingerprint density at radius 3 is 2.60 bits per heavy atom. The van der Waals surface area contributed by atoms with Crippen LogP contribution in [0.5, 0.6) is 11.5 Å². The molecule has 2 aromatic rings. The Labute approximate surface area is 177 Å². The van der Waals surface area contributed by atoms with Crippen molar-refractivity contribution in [2.24, 2.45) is 5.92 Å². The fourth-order valence-corrected chi connectivity index (χ4v) is 3.57. The van der Waals surface area contributed by atoms with Crippen molar-refractivity contribution in [3.8, 4) is 11.5 Å². The van der Waals surface area contributed by atoms with Crippen LogP contribution in [0.3, 0.4) is 0 Å². The number of amides is 2. The van der Waals surface area contributed by atoms with Crippen LogP contribution >= 0.6 is 0 Å².